The Balaban J connectivity index is 1.57. The van der Waals surface area contributed by atoms with Crippen molar-refractivity contribution < 1.29 is 4.79 Å². The molecule has 25 heavy (non-hydrogen) atoms. The van der Waals surface area contributed by atoms with Crippen LogP contribution in [0, 0.1) is 0 Å². The van der Waals surface area contributed by atoms with Gasteiger partial charge in [0.05, 0.1) is 7.05 Å². The summed E-state index contributed by atoms with van der Waals surface area (Å²) in [4.78, 5) is 13.6. The van der Waals surface area contributed by atoms with Crippen LogP contribution in [-0.2, 0) is 13.5 Å². The van der Waals surface area contributed by atoms with Crippen LogP contribution in [0.1, 0.15) is 36.1 Å². The van der Waals surface area contributed by atoms with Crippen LogP contribution >= 0.6 is 0 Å². The number of amides is 1. The Morgan fingerprint density at radius 1 is 1.20 bits per heavy atom. The fourth-order valence-corrected chi connectivity index (χ4v) is 2.44. The molecule has 0 spiro atoms. The fourth-order valence-electron chi connectivity index (χ4n) is 2.44. The minimum absolute atomic E-state index is 0.130. The van der Waals surface area contributed by atoms with Crippen LogP contribution in [0.25, 0.3) is 11.4 Å². The van der Waals surface area contributed by atoms with Gasteiger partial charge in [0.15, 0.2) is 0 Å². The molecule has 0 saturated carbocycles. The fraction of sp³-hybridized carbons (Fsp3) is 0.375. The van der Waals surface area contributed by atoms with Crippen molar-refractivity contribution in [1.82, 2.24) is 40.3 Å². The monoisotopic (exact) mass is 340 g/mol. The Kier molecular flexibility index (Phi) is 4.82. The van der Waals surface area contributed by atoms with E-state index in [1.165, 1.54) is 4.80 Å². The lowest BCUT2D eigenvalue weighted by atomic mass is 10.1. The van der Waals surface area contributed by atoms with Crippen LogP contribution in [0.2, 0.25) is 0 Å². The van der Waals surface area contributed by atoms with Crippen molar-refractivity contribution in [2.24, 2.45) is 7.05 Å². The lowest BCUT2D eigenvalue weighted by Gasteiger charge is -2.10. The van der Waals surface area contributed by atoms with E-state index in [9.17, 15) is 4.79 Å². The van der Waals surface area contributed by atoms with E-state index in [1.807, 2.05) is 4.57 Å². The molecule has 0 atom stereocenters. The Hall–Kier alpha value is -3.10. The van der Waals surface area contributed by atoms with Crippen LogP contribution in [-0.4, -0.2) is 47.4 Å². The van der Waals surface area contributed by atoms with Crippen LogP contribution < -0.4 is 5.32 Å². The van der Waals surface area contributed by atoms with Crippen LogP contribution in [0.15, 0.2) is 30.6 Å². The number of benzene rings is 1. The Morgan fingerprint density at radius 3 is 2.60 bits per heavy atom. The summed E-state index contributed by atoms with van der Waals surface area (Å²) in [5, 5.41) is 22.8. The molecule has 130 valence electrons. The van der Waals surface area contributed by atoms with Gasteiger partial charge in [0.2, 0.25) is 5.82 Å². The largest absolute Gasteiger partial charge is 0.352 e. The normalized spacial score (nSPS) is 11.0. The predicted octanol–water partition coefficient (Wildman–Crippen LogP) is 1.02. The first-order valence-electron chi connectivity index (χ1n) is 8.05. The highest BCUT2D eigenvalue weighted by Gasteiger charge is 2.10. The molecule has 3 aromatic rings. The van der Waals surface area contributed by atoms with E-state index in [-0.39, 0.29) is 5.91 Å². The zero-order valence-corrected chi connectivity index (χ0v) is 14.4. The van der Waals surface area contributed by atoms with E-state index in [1.54, 1.807) is 37.6 Å². The highest BCUT2D eigenvalue weighted by Crippen LogP contribution is 2.14. The number of rotatable bonds is 6. The standard InChI is InChI=1S/C16H20N8O/c1-11(2)24-10-18-19-14(24)8-9-17-16(25)13-6-4-12(5-7-13)15-20-22-23(3)21-15/h4-7,10-11H,8-9H2,1-3H3,(H,17,25). The molecule has 3 rings (SSSR count). The molecule has 0 aliphatic carbocycles. The summed E-state index contributed by atoms with van der Waals surface area (Å²) in [6, 6.07) is 7.40. The zero-order chi connectivity index (χ0) is 17.8. The van der Waals surface area contributed by atoms with Gasteiger partial charge in [-0.2, -0.15) is 4.80 Å². The summed E-state index contributed by atoms with van der Waals surface area (Å²) < 4.78 is 1.99. The summed E-state index contributed by atoms with van der Waals surface area (Å²) in [6.07, 6.45) is 2.34. The van der Waals surface area contributed by atoms with Gasteiger partial charge < -0.3 is 9.88 Å². The van der Waals surface area contributed by atoms with E-state index in [0.717, 1.165) is 11.4 Å². The van der Waals surface area contributed by atoms with E-state index in [4.69, 9.17) is 0 Å². The molecule has 2 heterocycles. The third kappa shape index (κ3) is 3.87. The Bertz CT molecular complexity index is 849. The van der Waals surface area contributed by atoms with Crippen LogP contribution in [0.4, 0.5) is 0 Å². The van der Waals surface area contributed by atoms with Gasteiger partial charge in [-0.1, -0.05) is 12.1 Å². The second-order valence-electron chi connectivity index (χ2n) is 5.93. The highest BCUT2D eigenvalue weighted by atomic mass is 16.1. The summed E-state index contributed by atoms with van der Waals surface area (Å²) in [7, 11) is 1.71. The van der Waals surface area contributed by atoms with Crippen molar-refractivity contribution in [2.45, 2.75) is 26.3 Å². The minimum Gasteiger partial charge on any atom is -0.352 e. The van der Waals surface area contributed by atoms with Gasteiger partial charge in [-0.15, -0.1) is 20.4 Å². The van der Waals surface area contributed by atoms with Gasteiger partial charge in [0.1, 0.15) is 12.2 Å². The topological polar surface area (TPSA) is 103 Å². The molecule has 2 aromatic heterocycles. The molecule has 9 nitrogen and oxygen atoms in total. The first-order chi connectivity index (χ1) is 12.0. The second-order valence-corrected chi connectivity index (χ2v) is 5.93. The summed E-state index contributed by atoms with van der Waals surface area (Å²) in [5.41, 5.74) is 1.40. The lowest BCUT2D eigenvalue weighted by Crippen LogP contribution is -2.26. The number of carbonyl (C=O) groups is 1. The van der Waals surface area contributed by atoms with Gasteiger partial charge in [-0.05, 0) is 31.2 Å². The quantitative estimate of drug-likeness (QED) is 0.718. The molecule has 0 bridgehead atoms. The van der Waals surface area contributed by atoms with Crippen molar-refractivity contribution in [1.29, 1.82) is 0 Å². The third-order valence-corrected chi connectivity index (χ3v) is 3.75. The van der Waals surface area contributed by atoms with Gasteiger partial charge in [0, 0.05) is 30.1 Å². The molecule has 1 amide bonds. The maximum Gasteiger partial charge on any atom is 0.251 e. The summed E-state index contributed by atoms with van der Waals surface area (Å²) >= 11 is 0. The molecule has 0 unspecified atom stereocenters. The molecular formula is C16H20N8O. The molecule has 0 aliphatic heterocycles. The van der Waals surface area contributed by atoms with Crippen LogP contribution in [0.5, 0.6) is 0 Å². The minimum atomic E-state index is -0.130. The van der Waals surface area contributed by atoms with Crippen molar-refractivity contribution in [2.75, 3.05) is 6.54 Å². The van der Waals surface area contributed by atoms with Crippen molar-refractivity contribution >= 4 is 5.91 Å². The number of nitrogens with zero attached hydrogens (tertiary/aromatic N) is 7. The maximum absolute atomic E-state index is 12.2. The first kappa shape index (κ1) is 16.7. The highest BCUT2D eigenvalue weighted by molar-refractivity contribution is 5.94. The molecule has 0 saturated heterocycles. The third-order valence-electron chi connectivity index (χ3n) is 3.75. The number of aryl methyl sites for hydroxylation is 1. The van der Waals surface area contributed by atoms with Gasteiger partial charge >= 0.3 is 0 Å². The van der Waals surface area contributed by atoms with Gasteiger partial charge in [-0.3, -0.25) is 4.79 Å². The zero-order valence-electron chi connectivity index (χ0n) is 14.4. The maximum atomic E-state index is 12.2. The number of nitrogens with one attached hydrogen (secondary N) is 1. The first-order valence-corrected chi connectivity index (χ1v) is 8.05. The van der Waals surface area contributed by atoms with E-state index >= 15 is 0 Å². The Morgan fingerprint density at radius 2 is 1.96 bits per heavy atom. The molecule has 0 radical (unpaired) electrons. The van der Waals surface area contributed by atoms with Gasteiger partial charge in [0.25, 0.3) is 5.91 Å². The SMILES string of the molecule is CC(C)n1cnnc1CCNC(=O)c1ccc(-c2nnn(C)n2)cc1. The van der Waals surface area contributed by atoms with E-state index in [0.29, 0.717) is 30.4 Å². The molecule has 0 fully saturated rings. The average Bonchev–Trinajstić information content (AvgIpc) is 3.24. The van der Waals surface area contributed by atoms with Crippen molar-refractivity contribution in [3.8, 4) is 11.4 Å². The van der Waals surface area contributed by atoms with E-state index < -0.39 is 0 Å². The van der Waals surface area contributed by atoms with E-state index in [2.05, 4.69) is 44.8 Å². The number of hydrogen-bond acceptors (Lipinski definition) is 6. The Labute approximate surface area is 145 Å². The second kappa shape index (κ2) is 7.20. The number of hydrogen-bond donors (Lipinski definition) is 1. The average molecular weight is 340 g/mol. The summed E-state index contributed by atoms with van der Waals surface area (Å²) in [6.45, 7) is 4.63. The smallest absolute Gasteiger partial charge is 0.251 e. The van der Waals surface area contributed by atoms with Crippen molar-refractivity contribution in [3.05, 3.63) is 42.0 Å². The molecule has 1 N–H and O–H groups in total. The molecule has 1 aromatic carbocycles. The van der Waals surface area contributed by atoms with Crippen molar-refractivity contribution in [3.63, 3.8) is 0 Å². The lowest BCUT2D eigenvalue weighted by molar-refractivity contribution is 0.0954. The number of aromatic nitrogens is 7. The molecule has 9 heteroatoms. The van der Waals surface area contributed by atoms with Gasteiger partial charge in [-0.25, -0.2) is 0 Å². The summed E-state index contributed by atoms with van der Waals surface area (Å²) in [5.74, 6) is 1.26. The number of carbonyl (C=O) groups excluding carboxylic acids is 1. The number of tetrazole rings is 1. The predicted molar refractivity (Wildman–Crippen MR) is 90.7 cm³/mol. The molecular weight excluding hydrogens is 320 g/mol. The van der Waals surface area contributed by atoms with Crippen LogP contribution in [0.3, 0.4) is 0 Å². The molecule has 0 aliphatic rings.